The van der Waals surface area contributed by atoms with E-state index in [1.165, 1.54) is 32.2 Å². The second-order valence-corrected chi connectivity index (χ2v) is 8.94. The number of rotatable bonds is 9. The molecule has 152 valence electrons. The van der Waals surface area contributed by atoms with Crippen molar-refractivity contribution in [1.29, 1.82) is 0 Å². The number of fused-ring (bicyclic) bond motifs is 1. The fourth-order valence-electron chi connectivity index (χ4n) is 4.84. The molecule has 2 aliphatic rings. The van der Waals surface area contributed by atoms with E-state index in [9.17, 15) is 9.90 Å². The van der Waals surface area contributed by atoms with Crippen LogP contribution in [0.15, 0.2) is 48.1 Å². The molecule has 0 saturated heterocycles. The molecule has 1 fully saturated rings. The van der Waals surface area contributed by atoms with Gasteiger partial charge < -0.3 is 10.0 Å². The Balaban J connectivity index is 1.52. The van der Waals surface area contributed by atoms with Crippen molar-refractivity contribution in [2.24, 2.45) is 17.8 Å². The van der Waals surface area contributed by atoms with Gasteiger partial charge in [0, 0.05) is 11.5 Å². The summed E-state index contributed by atoms with van der Waals surface area (Å²) >= 11 is 0. The third kappa shape index (κ3) is 5.42. The van der Waals surface area contributed by atoms with Gasteiger partial charge in [-0.1, -0.05) is 47.9 Å². The van der Waals surface area contributed by atoms with Crippen molar-refractivity contribution in [2.45, 2.75) is 51.6 Å². The predicted octanol–water partition coefficient (Wildman–Crippen LogP) is 4.80. The van der Waals surface area contributed by atoms with Crippen LogP contribution in [0.3, 0.4) is 0 Å². The van der Waals surface area contributed by atoms with Crippen molar-refractivity contribution in [3.8, 4) is 0 Å². The van der Waals surface area contributed by atoms with Gasteiger partial charge in [-0.2, -0.15) is 0 Å². The molecule has 0 aliphatic heterocycles. The zero-order chi connectivity index (χ0) is 20.1. The topological polar surface area (TPSA) is 40.5 Å². The second-order valence-electron chi connectivity index (χ2n) is 8.94. The Bertz CT molecular complexity index is 734. The predicted molar refractivity (Wildman–Crippen MR) is 115 cm³/mol. The van der Waals surface area contributed by atoms with Crippen molar-refractivity contribution in [3.63, 3.8) is 0 Å². The first-order valence-electron chi connectivity index (χ1n) is 10.8. The van der Waals surface area contributed by atoms with E-state index < -0.39 is 0 Å². The molecule has 0 radical (unpaired) electrons. The summed E-state index contributed by atoms with van der Waals surface area (Å²) in [6.07, 6.45) is 12.7. The van der Waals surface area contributed by atoms with Crippen molar-refractivity contribution in [2.75, 3.05) is 20.6 Å². The van der Waals surface area contributed by atoms with Gasteiger partial charge in [0.15, 0.2) is 5.78 Å². The smallest absolute Gasteiger partial charge is 0.185 e. The molecule has 0 bridgehead atoms. The Hall–Kier alpha value is -1.71. The minimum atomic E-state index is -0.325. The largest absolute Gasteiger partial charge is 0.392 e. The maximum absolute atomic E-state index is 12.5. The summed E-state index contributed by atoms with van der Waals surface area (Å²) in [7, 11) is 4.26. The summed E-state index contributed by atoms with van der Waals surface area (Å²) in [5.74, 6) is 1.08. The van der Waals surface area contributed by atoms with Crippen LogP contribution in [0.2, 0.25) is 0 Å². The molecule has 4 atom stereocenters. The van der Waals surface area contributed by atoms with Crippen LogP contribution >= 0.6 is 0 Å². The van der Waals surface area contributed by atoms with Crippen LogP contribution in [0, 0.1) is 24.7 Å². The zero-order valence-corrected chi connectivity index (χ0v) is 17.6. The summed E-state index contributed by atoms with van der Waals surface area (Å²) < 4.78 is 0. The van der Waals surface area contributed by atoms with E-state index in [0.29, 0.717) is 11.8 Å². The third-order valence-corrected chi connectivity index (χ3v) is 6.33. The molecule has 0 heterocycles. The van der Waals surface area contributed by atoms with Gasteiger partial charge in [0.05, 0.1) is 6.10 Å². The van der Waals surface area contributed by atoms with Gasteiger partial charge >= 0.3 is 0 Å². The zero-order valence-electron chi connectivity index (χ0n) is 17.6. The molecule has 0 spiro atoms. The molecule has 3 nitrogen and oxygen atoms in total. The minimum absolute atomic E-state index is 0.0337. The van der Waals surface area contributed by atoms with Gasteiger partial charge in [-0.25, -0.2) is 0 Å². The average Bonchev–Trinajstić information content (AvgIpc) is 3.15. The number of unbranched alkanes of at least 4 members (excludes halogenated alkanes) is 2. The molecule has 0 aromatic heterocycles. The van der Waals surface area contributed by atoms with Gasteiger partial charge in [-0.15, -0.1) is 0 Å². The van der Waals surface area contributed by atoms with E-state index in [2.05, 4.69) is 25.1 Å². The molecule has 1 saturated carbocycles. The minimum Gasteiger partial charge on any atom is -0.392 e. The van der Waals surface area contributed by atoms with Crippen LogP contribution in [-0.4, -0.2) is 42.5 Å². The number of carbonyl (C=O) groups is 1. The van der Waals surface area contributed by atoms with Crippen LogP contribution in [-0.2, 0) is 0 Å². The van der Waals surface area contributed by atoms with E-state index in [-0.39, 0.29) is 17.8 Å². The highest BCUT2D eigenvalue weighted by atomic mass is 16.3. The standard InChI is InChI=1S/C25H35NO2/c1-18-8-7-10-20(14-18)24(27)12-11-22-23-16-19(15-21(23)17-25(22)28)9-5-4-6-13-26(2)3/h7-8,10-12,14-15,21-23,25,28H,4-6,9,13,16-17H2,1-3H3/t21-,22+,23-,25+/m0/s1. The van der Waals surface area contributed by atoms with Crippen LogP contribution in [0.25, 0.3) is 0 Å². The van der Waals surface area contributed by atoms with E-state index in [0.717, 1.165) is 24.0 Å². The number of allylic oxidation sites excluding steroid dienone is 3. The number of ketones is 1. The highest BCUT2D eigenvalue weighted by Gasteiger charge is 2.43. The van der Waals surface area contributed by atoms with Gasteiger partial charge in [0.1, 0.15) is 0 Å². The lowest BCUT2D eigenvalue weighted by Crippen LogP contribution is -2.17. The number of carbonyl (C=O) groups excluding carboxylic acids is 1. The molecule has 1 N–H and O–H groups in total. The lowest BCUT2D eigenvalue weighted by atomic mass is 9.88. The summed E-state index contributed by atoms with van der Waals surface area (Å²) in [5, 5.41) is 10.5. The van der Waals surface area contributed by atoms with Crippen molar-refractivity contribution in [1.82, 2.24) is 4.90 Å². The monoisotopic (exact) mass is 381 g/mol. The molecule has 1 aromatic carbocycles. The average molecular weight is 382 g/mol. The number of hydrogen-bond acceptors (Lipinski definition) is 3. The van der Waals surface area contributed by atoms with Gasteiger partial charge in [0.2, 0.25) is 0 Å². The van der Waals surface area contributed by atoms with E-state index in [4.69, 9.17) is 0 Å². The van der Waals surface area contributed by atoms with Crippen LogP contribution in [0.1, 0.15) is 54.4 Å². The fraction of sp³-hybridized carbons (Fsp3) is 0.560. The lowest BCUT2D eigenvalue weighted by molar-refractivity contribution is 0.104. The van der Waals surface area contributed by atoms with Crippen molar-refractivity contribution in [3.05, 3.63) is 59.2 Å². The van der Waals surface area contributed by atoms with E-state index in [1.54, 1.807) is 11.6 Å². The van der Waals surface area contributed by atoms with Gasteiger partial charge in [-0.05, 0) is 83.6 Å². The Morgan fingerprint density at radius 1 is 1.25 bits per heavy atom. The molecule has 0 amide bonds. The Kier molecular flexibility index (Phi) is 7.25. The van der Waals surface area contributed by atoms with Crippen LogP contribution in [0.5, 0.6) is 0 Å². The van der Waals surface area contributed by atoms with Gasteiger partial charge in [-0.3, -0.25) is 4.79 Å². The first-order chi connectivity index (χ1) is 13.4. The lowest BCUT2D eigenvalue weighted by Gasteiger charge is -2.18. The van der Waals surface area contributed by atoms with Crippen LogP contribution < -0.4 is 0 Å². The molecule has 2 aliphatic carbocycles. The number of hydrogen-bond donors (Lipinski definition) is 1. The quantitative estimate of drug-likeness (QED) is 0.289. The van der Waals surface area contributed by atoms with E-state index >= 15 is 0 Å². The summed E-state index contributed by atoms with van der Waals surface area (Å²) in [6.45, 7) is 3.16. The van der Waals surface area contributed by atoms with Crippen molar-refractivity contribution >= 4 is 5.78 Å². The summed E-state index contributed by atoms with van der Waals surface area (Å²) in [5.41, 5.74) is 3.38. The SMILES string of the molecule is Cc1cccc(C(=O)C=C[C@@H]2[C@H]3CC(CCCCCN(C)C)=C[C@H]3C[C@H]2O)c1. The number of aliphatic hydroxyl groups excluding tert-OH is 1. The number of benzene rings is 1. The number of aryl methyl sites for hydroxylation is 1. The molecule has 3 rings (SSSR count). The first-order valence-corrected chi connectivity index (χ1v) is 10.8. The van der Waals surface area contributed by atoms with Gasteiger partial charge in [0.25, 0.3) is 0 Å². The molecule has 3 heteroatoms. The highest BCUT2D eigenvalue weighted by Crippen LogP contribution is 2.48. The maximum atomic E-state index is 12.5. The maximum Gasteiger partial charge on any atom is 0.185 e. The Labute approximate surface area is 170 Å². The van der Waals surface area contributed by atoms with Crippen molar-refractivity contribution < 1.29 is 9.90 Å². The van der Waals surface area contributed by atoms with E-state index in [1.807, 2.05) is 37.3 Å². The third-order valence-electron chi connectivity index (χ3n) is 6.33. The molecule has 0 unspecified atom stereocenters. The summed E-state index contributed by atoms with van der Waals surface area (Å²) in [6, 6.07) is 7.70. The molecular weight excluding hydrogens is 346 g/mol. The normalized spacial score (nSPS) is 26.8. The fourth-order valence-corrected chi connectivity index (χ4v) is 4.84. The first kappa shape index (κ1) is 21.0. The molecular formula is C25H35NO2. The molecule has 28 heavy (non-hydrogen) atoms. The summed E-state index contributed by atoms with van der Waals surface area (Å²) in [4.78, 5) is 14.7. The number of nitrogens with zero attached hydrogens (tertiary/aromatic N) is 1. The second kappa shape index (κ2) is 9.67. The number of aliphatic hydroxyl groups is 1. The highest BCUT2D eigenvalue weighted by molar-refractivity contribution is 6.04. The Morgan fingerprint density at radius 3 is 2.82 bits per heavy atom. The Morgan fingerprint density at radius 2 is 2.07 bits per heavy atom. The van der Waals surface area contributed by atoms with Crippen LogP contribution in [0.4, 0.5) is 0 Å². The molecule has 1 aromatic rings.